The van der Waals surface area contributed by atoms with Gasteiger partial charge >= 0.3 is 6.18 Å². The molecule has 2 saturated heterocycles. The van der Waals surface area contributed by atoms with Crippen molar-refractivity contribution < 1.29 is 31.5 Å². The Bertz CT molecular complexity index is 1520. The van der Waals surface area contributed by atoms with Gasteiger partial charge in [-0.3, -0.25) is 14.3 Å². The number of amides is 2. The molecule has 4 atom stereocenters. The van der Waals surface area contributed by atoms with Crippen molar-refractivity contribution >= 4 is 29.1 Å². The minimum absolute atomic E-state index is 0.0417. The van der Waals surface area contributed by atoms with Gasteiger partial charge in [0.15, 0.2) is 11.5 Å². The molecule has 3 aromatic rings. The van der Waals surface area contributed by atoms with E-state index in [-0.39, 0.29) is 39.7 Å². The molecule has 1 unspecified atom stereocenters. The first-order valence-electron chi connectivity index (χ1n) is 13.0. The second-order valence-corrected chi connectivity index (χ2v) is 11.2. The number of hydrogen-bond acceptors (Lipinski definition) is 5. The van der Waals surface area contributed by atoms with E-state index in [1.807, 2.05) is 0 Å². The van der Waals surface area contributed by atoms with Crippen molar-refractivity contribution in [3.05, 3.63) is 52.7 Å². The Morgan fingerprint density at radius 1 is 1.15 bits per heavy atom. The molecule has 0 spiro atoms. The molecule has 41 heavy (non-hydrogen) atoms. The summed E-state index contributed by atoms with van der Waals surface area (Å²) in [5.41, 5.74) is -1.48. The zero-order valence-corrected chi connectivity index (χ0v) is 22.4. The summed E-state index contributed by atoms with van der Waals surface area (Å²) >= 11 is 6.36. The third-order valence-electron chi connectivity index (χ3n) is 7.86. The number of hydrogen-bond donors (Lipinski definition) is 3. The quantitative estimate of drug-likeness (QED) is 0.354. The molecule has 9 nitrogen and oxygen atoms in total. The summed E-state index contributed by atoms with van der Waals surface area (Å²) in [6.45, 7) is 0. The number of benzene rings is 1. The molecular formula is C26H25ClF5N7O2. The predicted octanol–water partition coefficient (Wildman–Crippen LogP) is 4.80. The number of rotatable bonds is 6. The summed E-state index contributed by atoms with van der Waals surface area (Å²) < 4.78 is 69.8. The average Bonchev–Trinajstić information content (AvgIpc) is 3.25. The van der Waals surface area contributed by atoms with Crippen molar-refractivity contribution in [2.45, 2.75) is 68.4 Å². The first-order valence-corrected chi connectivity index (χ1v) is 13.4. The van der Waals surface area contributed by atoms with Crippen LogP contribution in [-0.2, 0) is 13.2 Å². The molecule has 6 rings (SSSR count). The number of carbonyl (C=O) groups excluding carboxylic acids is 2. The Morgan fingerprint density at radius 2 is 1.83 bits per heavy atom. The van der Waals surface area contributed by atoms with Gasteiger partial charge in [0.25, 0.3) is 17.7 Å². The summed E-state index contributed by atoms with van der Waals surface area (Å²) in [7, 11) is 1.33. The number of fused-ring (bicyclic) bond motifs is 2. The van der Waals surface area contributed by atoms with Gasteiger partial charge < -0.3 is 20.5 Å². The fourth-order valence-corrected chi connectivity index (χ4v) is 5.97. The van der Waals surface area contributed by atoms with E-state index in [2.05, 4.69) is 26.0 Å². The smallest absolute Gasteiger partial charge is 0.349 e. The number of halogens is 6. The fraction of sp³-hybridized carbons (Fsp3) is 0.462. The van der Waals surface area contributed by atoms with Crippen molar-refractivity contribution in [3.8, 4) is 11.3 Å². The normalized spacial score (nSPS) is 24.8. The Hall–Kier alpha value is -3.52. The first kappa shape index (κ1) is 27.6. The van der Waals surface area contributed by atoms with Gasteiger partial charge in [0.05, 0.1) is 28.0 Å². The van der Waals surface area contributed by atoms with Gasteiger partial charge in [-0.05, 0) is 43.9 Å². The number of imidazole rings is 1. The molecule has 3 N–H and O–H groups in total. The van der Waals surface area contributed by atoms with Gasteiger partial charge in [-0.2, -0.15) is 18.3 Å². The summed E-state index contributed by atoms with van der Waals surface area (Å²) in [5.74, 6) is -4.45. The molecule has 2 amide bonds. The van der Waals surface area contributed by atoms with Crippen LogP contribution in [0, 0.1) is 0 Å². The Morgan fingerprint density at radius 3 is 2.44 bits per heavy atom. The summed E-state index contributed by atoms with van der Waals surface area (Å²) in [6.07, 6.45) is 0.291. The zero-order chi connectivity index (χ0) is 29.3. The standard InChI is InChI=1S/C26H25ClF5N7O2/c1-38-19(17-11-39(20-9-25(20,28)29)37-21(17)26(30,31)32)10-33-22(38)24(41)35-14-4-5-16(18(27)8-14)23(40)36-15-6-12-2-3-13(7-15)34-12/h4-5,8,10-13,15,20,34H,2-3,6-7,9H2,1H3,(H,35,41)(H,36,40)/t12-,13+,15+,20?. The lowest BCUT2D eigenvalue weighted by Crippen LogP contribution is -2.48. The molecule has 1 aromatic carbocycles. The van der Waals surface area contributed by atoms with Gasteiger partial charge in [-0.25, -0.2) is 13.8 Å². The van der Waals surface area contributed by atoms with E-state index >= 15 is 0 Å². The number of aromatic nitrogens is 4. The Balaban J connectivity index is 1.17. The topological polar surface area (TPSA) is 106 Å². The van der Waals surface area contributed by atoms with Crippen LogP contribution in [0.5, 0.6) is 0 Å². The van der Waals surface area contributed by atoms with E-state index in [0.29, 0.717) is 16.8 Å². The Kier molecular flexibility index (Phi) is 6.60. The molecule has 218 valence electrons. The molecule has 15 heteroatoms. The zero-order valence-electron chi connectivity index (χ0n) is 21.6. The largest absolute Gasteiger partial charge is 0.435 e. The number of piperidine rings is 1. The van der Waals surface area contributed by atoms with Crippen molar-refractivity contribution in [1.82, 2.24) is 30.0 Å². The van der Waals surface area contributed by atoms with Gasteiger partial charge in [0.2, 0.25) is 0 Å². The average molecular weight is 598 g/mol. The highest BCUT2D eigenvalue weighted by atomic mass is 35.5. The highest BCUT2D eigenvalue weighted by Gasteiger charge is 2.59. The lowest BCUT2D eigenvalue weighted by molar-refractivity contribution is -0.141. The van der Waals surface area contributed by atoms with Crippen molar-refractivity contribution in [2.75, 3.05) is 5.32 Å². The van der Waals surface area contributed by atoms with Crippen LogP contribution in [0.3, 0.4) is 0 Å². The predicted molar refractivity (Wildman–Crippen MR) is 138 cm³/mol. The second-order valence-electron chi connectivity index (χ2n) is 10.8. The van der Waals surface area contributed by atoms with Crippen LogP contribution >= 0.6 is 11.6 Å². The van der Waals surface area contributed by atoms with Gasteiger partial charge in [-0.15, -0.1) is 0 Å². The lowest BCUT2D eigenvalue weighted by Gasteiger charge is -2.29. The number of alkyl halides is 5. The highest BCUT2D eigenvalue weighted by molar-refractivity contribution is 6.34. The summed E-state index contributed by atoms with van der Waals surface area (Å²) in [4.78, 5) is 29.8. The number of anilines is 1. The van der Waals surface area contributed by atoms with Crippen LogP contribution in [0.25, 0.3) is 11.3 Å². The maximum atomic E-state index is 13.7. The summed E-state index contributed by atoms with van der Waals surface area (Å²) in [6, 6.07) is 3.74. The van der Waals surface area contributed by atoms with Crippen LogP contribution in [0.4, 0.5) is 27.6 Å². The first-order chi connectivity index (χ1) is 19.3. The van der Waals surface area contributed by atoms with Crippen molar-refractivity contribution in [1.29, 1.82) is 0 Å². The number of nitrogens with zero attached hydrogens (tertiary/aromatic N) is 4. The molecule has 2 aliphatic heterocycles. The van der Waals surface area contributed by atoms with E-state index in [1.165, 1.54) is 25.2 Å². The lowest BCUT2D eigenvalue weighted by atomic mass is 9.99. The molecular weight excluding hydrogens is 573 g/mol. The van der Waals surface area contributed by atoms with Crippen LogP contribution in [0.15, 0.2) is 30.6 Å². The van der Waals surface area contributed by atoms with Crippen LogP contribution in [0.1, 0.15) is 64.8 Å². The molecule has 3 fully saturated rings. The molecule has 1 aliphatic carbocycles. The Labute approximate surface area is 235 Å². The fourth-order valence-electron chi connectivity index (χ4n) is 5.71. The van der Waals surface area contributed by atoms with Crippen molar-refractivity contribution in [2.24, 2.45) is 7.05 Å². The van der Waals surface area contributed by atoms with Gasteiger partial charge in [0.1, 0.15) is 6.04 Å². The van der Waals surface area contributed by atoms with E-state index in [9.17, 15) is 31.5 Å². The van der Waals surface area contributed by atoms with Crippen LogP contribution < -0.4 is 16.0 Å². The van der Waals surface area contributed by atoms with Gasteiger partial charge in [0, 0.05) is 43.5 Å². The van der Waals surface area contributed by atoms with Crippen LogP contribution in [0.2, 0.25) is 5.02 Å². The molecule has 4 heterocycles. The molecule has 0 radical (unpaired) electrons. The SMILES string of the molecule is Cn1c(-c2cn(C3CC3(F)F)nc2C(F)(F)F)cnc1C(=O)Nc1ccc(C(=O)N[C@H]2C[C@H]3CC[C@@H](C2)N3)c(Cl)c1. The molecule has 2 bridgehead atoms. The van der Waals surface area contributed by atoms with Crippen LogP contribution in [-0.4, -0.2) is 55.2 Å². The third kappa shape index (κ3) is 5.30. The van der Waals surface area contributed by atoms with Gasteiger partial charge in [-0.1, -0.05) is 11.6 Å². The molecule has 2 aromatic heterocycles. The third-order valence-corrected chi connectivity index (χ3v) is 8.17. The van der Waals surface area contributed by atoms with E-state index < -0.39 is 41.7 Å². The maximum Gasteiger partial charge on any atom is 0.435 e. The van der Waals surface area contributed by atoms with E-state index in [1.54, 1.807) is 0 Å². The molecule has 3 aliphatic rings. The maximum absolute atomic E-state index is 13.7. The van der Waals surface area contributed by atoms with E-state index in [0.717, 1.165) is 42.6 Å². The monoisotopic (exact) mass is 597 g/mol. The minimum atomic E-state index is -4.92. The number of carbonyl (C=O) groups is 2. The highest BCUT2D eigenvalue weighted by Crippen LogP contribution is 2.53. The summed E-state index contributed by atoms with van der Waals surface area (Å²) in [5, 5.41) is 12.6. The number of nitrogens with one attached hydrogen (secondary N) is 3. The minimum Gasteiger partial charge on any atom is -0.349 e. The van der Waals surface area contributed by atoms with Crippen molar-refractivity contribution in [3.63, 3.8) is 0 Å². The van der Waals surface area contributed by atoms with E-state index in [4.69, 9.17) is 11.6 Å². The molecule has 1 saturated carbocycles. The second kappa shape index (κ2) is 9.79.